The number of carboxylic acids is 1. The summed E-state index contributed by atoms with van der Waals surface area (Å²) >= 11 is 0. The molecule has 0 heterocycles. The van der Waals surface area contributed by atoms with E-state index in [-0.39, 0.29) is 29.2 Å². The van der Waals surface area contributed by atoms with Gasteiger partial charge in [-0.2, -0.15) is 0 Å². The zero-order chi connectivity index (χ0) is 22.6. The average Bonchev–Trinajstić information content (AvgIpc) is 2.74. The predicted molar refractivity (Wildman–Crippen MR) is 120 cm³/mol. The number of rotatable bonds is 7. The number of carbonyl (C=O) groups excluding carboxylic acids is 2. The number of hydrogen-bond donors (Lipinski definition) is 1. The van der Waals surface area contributed by atoms with Crippen LogP contribution in [-0.4, -0.2) is 29.4 Å². The summed E-state index contributed by atoms with van der Waals surface area (Å²) in [6.45, 7) is 6.38. The number of carboxylic acid groups (broad SMARTS) is 1. The SMILES string of the molecule is CCOC(=O)CC1=CCC(C)(C)c2cc(C(=O)/C=C/c3ccc(C(=O)O)cc3)ccc21. The van der Waals surface area contributed by atoms with E-state index in [2.05, 4.69) is 19.9 Å². The molecule has 1 N–H and O–H groups in total. The van der Waals surface area contributed by atoms with Gasteiger partial charge in [0.15, 0.2) is 5.78 Å². The van der Waals surface area contributed by atoms with Crippen LogP contribution in [0.2, 0.25) is 0 Å². The maximum Gasteiger partial charge on any atom is 0.335 e. The van der Waals surface area contributed by atoms with Crippen molar-refractivity contribution >= 4 is 29.4 Å². The largest absolute Gasteiger partial charge is 0.478 e. The van der Waals surface area contributed by atoms with Crippen molar-refractivity contribution in [1.29, 1.82) is 0 Å². The Morgan fingerprint density at radius 3 is 2.39 bits per heavy atom. The molecule has 5 heteroatoms. The van der Waals surface area contributed by atoms with Crippen molar-refractivity contribution < 1.29 is 24.2 Å². The average molecular weight is 418 g/mol. The second kappa shape index (κ2) is 9.13. The van der Waals surface area contributed by atoms with Crippen LogP contribution in [0.5, 0.6) is 0 Å². The fourth-order valence-electron chi connectivity index (χ4n) is 3.68. The van der Waals surface area contributed by atoms with E-state index in [1.165, 1.54) is 18.2 Å². The Morgan fingerprint density at radius 2 is 1.74 bits per heavy atom. The van der Waals surface area contributed by atoms with Crippen molar-refractivity contribution in [3.05, 3.63) is 82.4 Å². The molecule has 0 atom stereocenters. The van der Waals surface area contributed by atoms with E-state index in [1.807, 2.05) is 12.1 Å². The third-order valence-corrected chi connectivity index (χ3v) is 5.46. The molecule has 0 aromatic heterocycles. The minimum absolute atomic E-state index is 0.137. The molecule has 2 aromatic rings. The van der Waals surface area contributed by atoms with Gasteiger partial charge in [0.05, 0.1) is 18.6 Å². The first-order valence-corrected chi connectivity index (χ1v) is 10.3. The second-order valence-electron chi connectivity index (χ2n) is 8.18. The minimum atomic E-state index is -0.986. The summed E-state index contributed by atoms with van der Waals surface area (Å²) in [4.78, 5) is 35.7. The summed E-state index contributed by atoms with van der Waals surface area (Å²) in [7, 11) is 0. The van der Waals surface area contributed by atoms with E-state index in [0.29, 0.717) is 12.2 Å². The highest BCUT2D eigenvalue weighted by Gasteiger charge is 2.29. The molecule has 0 fully saturated rings. The van der Waals surface area contributed by atoms with Crippen LogP contribution < -0.4 is 0 Å². The van der Waals surface area contributed by atoms with Gasteiger partial charge >= 0.3 is 11.9 Å². The lowest BCUT2D eigenvalue weighted by Crippen LogP contribution is -2.23. The molecular weight excluding hydrogens is 392 g/mol. The molecule has 3 rings (SSSR count). The Kier molecular flexibility index (Phi) is 6.54. The van der Waals surface area contributed by atoms with Crippen LogP contribution in [-0.2, 0) is 14.9 Å². The topological polar surface area (TPSA) is 80.7 Å². The molecule has 0 saturated heterocycles. The summed E-state index contributed by atoms with van der Waals surface area (Å²) in [5.74, 6) is -1.38. The standard InChI is InChI=1S/C26H26O5/c1-4-31-24(28)16-19-13-14-26(2,3)22-15-20(10-11-21(19)22)23(27)12-7-17-5-8-18(9-6-17)25(29)30/h5-13,15H,4,14,16H2,1-3H3,(H,29,30)/b12-7+. The van der Waals surface area contributed by atoms with Crippen LogP contribution in [0, 0.1) is 0 Å². The second-order valence-corrected chi connectivity index (χ2v) is 8.18. The number of allylic oxidation sites excluding steroid dienone is 2. The molecule has 0 bridgehead atoms. The van der Waals surface area contributed by atoms with E-state index < -0.39 is 5.97 Å². The molecule has 31 heavy (non-hydrogen) atoms. The zero-order valence-corrected chi connectivity index (χ0v) is 18.0. The zero-order valence-electron chi connectivity index (χ0n) is 18.0. The molecule has 0 aliphatic heterocycles. The Morgan fingerprint density at radius 1 is 1.06 bits per heavy atom. The van der Waals surface area contributed by atoms with E-state index in [1.54, 1.807) is 31.2 Å². The van der Waals surface area contributed by atoms with Crippen molar-refractivity contribution in [2.45, 2.75) is 39.0 Å². The fraction of sp³-hybridized carbons (Fsp3) is 0.269. The lowest BCUT2D eigenvalue weighted by Gasteiger charge is -2.32. The summed E-state index contributed by atoms with van der Waals surface area (Å²) in [5, 5.41) is 8.97. The van der Waals surface area contributed by atoms with Crippen molar-refractivity contribution in [3.8, 4) is 0 Å². The molecule has 0 unspecified atom stereocenters. The number of hydrogen-bond acceptors (Lipinski definition) is 4. The molecule has 0 spiro atoms. The number of aromatic carboxylic acids is 1. The van der Waals surface area contributed by atoms with Gasteiger partial charge in [0.25, 0.3) is 0 Å². The van der Waals surface area contributed by atoms with Gasteiger partial charge in [-0.15, -0.1) is 0 Å². The lowest BCUT2D eigenvalue weighted by atomic mass is 9.72. The molecule has 1 aliphatic rings. The lowest BCUT2D eigenvalue weighted by molar-refractivity contribution is -0.141. The highest BCUT2D eigenvalue weighted by molar-refractivity contribution is 6.07. The maximum absolute atomic E-state index is 12.8. The molecule has 1 aliphatic carbocycles. The number of ether oxygens (including phenoxy) is 1. The molecule has 160 valence electrons. The highest BCUT2D eigenvalue weighted by atomic mass is 16.5. The Balaban J connectivity index is 1.83. The van der Waals surface area contributed by atoms with Crippen LogP contribution in [0.25, 0.3) is 11.6 Å². The van der Waals surface area contributed by atoms with E-state index in [9.17, 15) is 14.4 Å². The first-order valence-electron chi connectivity index (χ1n) is 10.3. The smallest absolute Gasteiger partial charge is 0.335 e. The van der Waals surface area contributed by atoms with Gasteiger partial charge in [-0.1, -0.05) is 50.3 Å². The number of carbonyl (C=O) groups is 3. The fourth-order valence-corrected chi connectivity index (χ4v) is 3.68. The quantitative estimate of drug-likeness (QED) is 0.375. The van der Waals surface area contributed by atoms with Crippen molar-refractivity contribution in [2.24, 2.45) is 0 Å². The predicted octanol–water partition coefficient (Wildman–Crippen LogP) is 5.30. The molecule has 0 amide bonds. The van der Waals surface area contributed by atoms with E-state index in [0.717, 1.165) is 28.7 Å². The molecular formula is C26H26O5. The van der Waals surface area contributed by atoms with Gasteiger partial charge in [0, 0.05) is 5.56 Å². The van der Waals surface area contributed by atoms with Gasteiger partial charge in [-0.05, 0) is 65.3 Å². The van der Waals surface area contributed by atoms with Crippen molar-refractivity contribution in [2.75, 3.05) is 6.61 Å². The first-order chi connectivity index (χ1) is 14.7. The van der Waals surface area contributed by atoms with Gasteiger partial charge in [-0.25, -0.2) is 4.79 Å². The molecule has 2 aromatic carbocycles. The summed E-state index contributed by atoms with van der Waals surface area (Å²) in [5.41, 5.74) is 4.32. The highest BCUT2D eigenvalue weighted by Crippen LogP contribution is 2.40. The third-order valence-electron chi connectivity index (χ3n) is 5.46. The maximum atomic E-state index is 12.8. The minimum Gasteiger partial charge on any atom is -0.478 e. The van der Waals surface area contributed by atoms with Crippen LogP contribution in [0.15, 0.2) is 54.6 Å². The normalized spacial score (nSPS) is 14.6. The third kappa shape index (κ3) is 5.18. The van der Waals surface area contributed by atoms with Gasteiger partial charge in [0.1, 0.15) is 0 Å². The van der Waals surface area contributed by atoms with Crippen LogP contribution in [0.1, 0.15) is 71.0 Å². The molecule has 5 nitrogen and oxygen atoms in total. The van der Waals surface area contributed by atoms with E-state index in [4.69, 9.17) is 9.84 Å². The van der Waals surface area contributed by atoms with Crippen LogP contribution >= 0.6 is 0 Å². The summed E-state index contributed by atoms with van der Waals surface area (Å²) in [6.07, 6.45) is 6.24. The Labute approximate surface area is 182 Å². The van der Waals surface area contributed by atoms with Gasteiger partial charge < -0.3 is 9.84 Å². The number of ketones is 1. The summed E-state index contributed by atoms with van der Waals surface area (Å²) in [6, 6.07) is 11.9. The van der Waals surface area contributed by atoms with Crippen molar-refractivity contribution in [3.63, 3.8) is 0 Å². The van der Waals surface area contributed by atoms with E-state index >= 15 is 0 Å². The number of fused-ring (bicyclic) bond motifs is 1. The number of esters is 1. The van der Waals surface area contributed by atoms with Crippen LogP contribution in [0.4, 0.5) is 0 Å². The Hall–Kier alpha value is -3.47. The number of benzene rings is 2. The van der Waals surface area contributed by atoms with Gasteiger partial charge in [-0.3, -0.25) is 9.59 Å². The first kappa shape index (κ1) is 22.2. The molecule has 0 radical (unpaired) electrons. The Bertz CT molecular complexity index is 1070. The molecule has 0 saturated carbocycles. The van der Waals surface area contributed by atoms with Crippen molar-refractivity contribution in [1.82, 2.24) is 0 Å². The summed E-state index contributed by atoms with van der Waals surface area (Å²) < 4.78 is 5.09. The van der Waals surface area contributed by atoms with Gasteiger partial charge in [0.2, 0.25) is 0 Å². The monoisotopic (exact) mass is 418 g/mol. The van der Waals surface area contributed by atoms with Crippen LogP contribution in [0.3, 0.4) is 0 Å².